The van der Waals surface area contributed by atoms with E-state index in [1.54, 1.807) is 0 Å². The Morgan fingerprint density at radius 3 is 1.71 bits per heavy atom. The average molecular weight is 499 g/mol. The third kappa shape index (κ3) is 4.03. The van der Waals surface area contributed by atoms with Gasteiger partial charge < -0.3 is 5.11 Å². The van der Waals surface area contributed by atoms with Gasteiger partial charge in [0, 0.05) is 5.54 Å². The summed E-state index contributed by atoms with van der Waals surface area (Å²) in [7, 11) is 0. The molecule has 3 unspecified atom stereocenters. The lowest BCUT2D eigenvalue weighted by molar-refractivity contribution is -0.110. The van der Waals surface area contributed by atoms with Gasteiger partial charge in [-0.25, -0.2) is 0 Å². The predicted octanol–water partition coefficient (Wildman–Crippen LogP) is 7.57. The van der Waals surface area contributed by atoms with Crippen molar-refractivity contribution >= 4 is 46.4 Å². The summed E-state index contributed by atoms with van der Waals surface area (Å²) in [6.07, 6.45) is 6.32. The van der Waals surface area contributed by atoms with Crippen molar-refractivity contribution in [3.8, 4) is 0 Å². The Hall–Kier alpha value is -0.480. The molecule has 1 N–H and O–H groups in total. The molecule has 166 valence electrons. The van der Waals surface area contributed by atoms with E-state index in [-0.39, 0.29) is 29.4 Å². The van der Waals surface area contributed by atoms with Gasteiger partial charge in [-0.2, -0.15) is 0 Å². The van der Waals surface area contributed by atoms with E-state index in [1.807, 2.05) is 24.3 Å². The van der Waals surface area contributed by atoms with Crippen LogP contribution in [0.3, 0.4) is 0 Å². The van der Waals surface area contributed by atoms with Gasteiger partial charge in [-0.3, -0.25) is 4.90 Å². The van der Waals surface area contributed by atoms with Gasteiger partial charge in [-0.1, -0.05) is 65.0 Å². The van der Waals surface area contributed by atoms with Crippen molar-refractivity contribution in [1.29, 1.82) is 0 Å². The van der Waals surface area contributed by atoms with Crippen molar-refractivity contribution < 1.29 is 5.11 Å². The maximum atomic E-state index is 11.5. The van der Waals surface area contributed by atoms with Gasteiger partial charge in [0.2, 0.25) is 0 Å². The van der Waals surface area contributed by atoms with Crippen LogP contribution in [0.4, 0.5) is 0 Å². The van der Waals surface area contributed by atoms with Crippen molar-refractivity contribution in [1.82, 2.24) is 4.90 Å². The van der Waals surface area contributed by atoms with Crippen LogP contribution in [-0.4, -0.2) is 34.7 Å². The molecule has 3 atom stereocenters. The molecule has 3 aliphatic carbocycles. The van der Waals surface area contributed by atoms with E-state index in [2.05, 4.69) is 17.0 Å². The molecule has 4 fully saturated rings. The van der Waals surface area contributed by atoms with E-state index in [0.29, 0.717) is 20.1 Å². The molecule has 6 rings (SSSR count). The summed E-state index contributed by atoms with van der Waals surface area (Å²) in [6, 6.07) is 11.9. The topological polar surface area (TPSA) is 23.5 Å². The van der Waals surface area contributed by atoms with Crippen LogP contribution < -0.4 is 0 Å². The summed E-state index contributed by atoms with van der Waals surface area (Å²) in [5, 5.41) is 13.8. The summed E-state index contributed by atoms with van der Waals surface area (Å²) in [5.41, 5.74) is 2.33. The number of aliphatic hydroxyl groups excluding tert-OH is 1. The van der Waals surface area contributed by atoms with Crippen molar-refractivity contribution in [2.45, 2.75) is 62.0 Å². The minimum Gasteiger partial charge on any atom is -0.393 e. The molecule has 1 heterocycles. The van der Waals surface area contributed by atoms with Crippen LogP contribution in [0.15, 0.2) is 36.4 Å². The summed E-state index contributed by atoms with van der Waals surface area (Å²) in [6.45, 7) is 2.22. The van der Waals surface area contributed by atoms with E-state index in [4.69, 9.17) is 46.4 Å². The number of nitrogens with zero attached hydrogens (tertiary/aromatic N) is 1. The molecule has 31 heavy (non-hydrogen) atoms. The highest BCUT2D eigenvalue weighted by Gasteiger charge is 2.57. The molecule has 1 aliphatic heterocycles. The third-order valence-corrected chi connectivity index (χ3v) is 9.41. The largest absolute Gasteiger partial charge is 0.393 e. The van der Waals surface area contributed by atoms with E-state index >= 15 is 0 Å². The van der Waals surface area contributed by atoms with E-state index in [1.165, 1.54) is 30.4 Å². The first-order valence-corrected chi connectivity index (χ1v) is 12.7. The summed E-state index contributed by atoms with van der Waals surface area (Å²) < 4.78 is 0. The van der Waals surface area contributed by atoms with Gasteiger partial charge in [0.25, 0.3) is 0 Å². The molecule has 2 aromatic rings. The number of rotatable bonds is 3. The highest BCUT2D eigenvalue weighted by atomic mass is 35.5. The molecule has 0 spiro atoms. The predicted molar refractivity (Wildman–Crippen MR) is 130 cm³/mol. The number of benzene rings is 2. The van der Waals surface area contributed by atoms with Gasteiger partial charge in [0.1, 0.15) is 0 Å². The highest BCUT2D eigenvalue weighted by molar-refractivity contribution is 6.42. The second-order valence-electron chi connectivity index (χ2n) is 9.59. The lowest BCUT2D eigenvalue weighted by atomic mass is 9.51. The molecule has 0 radical (unpaired) electrons. The average Bonchev–Trinajstić information content (AvgIpc) is 2.78. The summed E-state index contributed by atoms with van der Waals surface area (Å²) in [5.74, 6) is 0.545. The second-order valence-corrected chi connectivity index (χ2v) is 11.2. The van der Waals surface area contributed by atoms with Gasteiger partial charge in [0.05, 0.1) is 26.2 Å². The van der Waals surface area contributed by atoms with Crippen LogP contribution in [0.25, 0.3) is 0 Å². The van der Waals surface area contributed by atoms with Crippen LogP contribution in [0, 0.1) is 5.92 Å². The quantitative estimate of drug-likeness (QED) is 0.471. The monoisotopic (exact) mass is 497 g/mol. The van der Waals surface area contributed by atoms with Crippen molar-refractivity contribution in [2.24, 2.45) is 5.92 Å². The molecule has 3 saturated carbocycles. The lowest BCUT2D eigenvalue weighted by Crippen LogP contribution is -2.63. The Kier molecular flexibility index (Phi) is 6.27. The molecule has 2 bridgehead atoms. The zero-order valence-corrected chi connectivity index (χ0v) is 20.4. The first kappa shape index (κ1) is 22.3. The molecule has 4 aliphatic rings. The van der Waals surface area contributed by atoms with E-state index in [0.717, 1.165) is 32.4 Å². The minimum absolute atomic E-state index is 0.0118. The normalized spacial score (nSPS) is 33.6. The number of piperidine rings is 1. The number of halogens is 4. The van der Waals surface area contributed by atoms with Crippen molar-refractivity contribution in [2.75, 3.05) is 13.1 Å². The van der Waals surface area contributed by atoms with Gasteiger partial charge >= 0.3 is 0 Å². The fourth-order valence-corrected chi connectivity index (χ4v) is 7.22. The Bertz CT molecular complexity index is 912. The molecular weight excluding hydrogens is 472 g/mol. The summed E-state index contributed by atoms with van der Waals surface area (Å²) >= 11 is 25.3. The van der Waals surface area contributed by atoms with E-state index < -0.39 is 0 Å². The van der Waals surface area contributed by atoms with Crippen LogP contribution in [0.2, 0.25) is 20.1 Å². The fourth-order valence-electron chi connectivity index (χ4n) is 6.60. The standard InChI is InChI=1S/C25H27Cl4NO/c26-19-6-4-15(10-21(19)28)17-12-25(30-8-2-1-3-9-30)13-18(24(17)23(31)14-25)16-5-7-20(27)22(29)11-16/h4-7,10-11,17-18,23-24,31H,1-3,8-9,12-14H2. The maximum absolute atomic E-state index is 11.5. The number of hydrogen-bond acceptors (Lipinski definition) is 2. The zero-order chi connectivity index (χ0) is 21.8. The Morgan fingerprint density at radius 1 is 0.710 bits per heavy atom. The van der Waals surface area contributed by atoms with Crippen LogP contribution in [0.5, 0.6) is 0 Å². The van der Waals surface area contributed by atoms with Gasteiger partial charge in [-0.15, -0.1) is 0 Å². The minimum atomic E-state index is -0.372. The molecule has 2 nitrogen and oxygen atoms in total. The molecular formula is C25H27Cl4NO. The smallest absolute Gasteiger partial charge is 0.0597 e. The van der Waals surface area contributed by atoms with Crippen LogP contribution >= 0.6 is 46.4 Å². The number of fused-ring (bicyclic) bond motifs is 3. The molecule has 1 saturated heterocycles. The lowest BCUT2D eigenvalue weighted by Gasteiger charge is -2.61. The first-order chi connectivity index (χ1) is 14.9. The van der Waals surface area contributed by atoms with Gasteiger partial charge in [0.15, 0.2) is 0 Å². The Balaban J connectivity index is 1.60. The Morgan fingerprint density at radius 2 is 1.23 bits per heavy atom. The third-order valence-electron chi connectivity index (χ3n) is 7.93. The Labute approximate surface area is 204 Å². The molecule has 0 amide bonds. The van der Waals surface area contributed by atoms with Crippen LogP contribution in [-0.2, 0) is 0 Å². The molecule has 0 aromatic heterocycles. The molecule has 2 aromatic carbocycles. The van der Waals surface area contributed by atoms with Crippen LogP contribution in [0.1, 0.15) is 61.5 Å². The van der Waals surface area contributed by atoms with Gasteiger partial charge in [-0.05, 0) is 98.3 Å². The van der Waals surface area contributed by atoms with E-state index in [9.17, 15) is 5.11 Å². The van der Waals surface area contributed by atoms with Crippen molar-refractivity contribution in [3.05, 3.63) is 67.6 Å². The summed E-state index contributed by atoms with van der Waals surface area (Å²) in [4.78, 5) is 2.67. The number of hydrogen-bond donors (Lipinski definition) is 1. The number of aliphatic hydroxyl groups is 1. The SMILES string of the molecule is OC1CC2(N3CCCCC3)CC(c3ccc(Cl)c(Cl)c3)C1C(c1ccc(Cl)c(Cl)c1)C2. The first-order valence-electron chi connectivity index (χ1n) is 11.2. The highest BCUT2D eigenvalue weighted by Crippen LogP contribution is 2.60. The fraction of sp³-hybridized carbons (Fsp3) is 0.520. The maximum Gasteiger partial charge on any atom is 0.0597 e. The number of likely N-dealkylation sites (tertiary alicyclic amines) is 1. The van der Waals surface area contributed by atoms with Crippen molar-refractivity contribution in [3.63, 3.8) is 0 Å². The second kappa shape index (κ2) is 8.70. The molecule has 6 heteroatoms. The zero-order valence-electron chi connectivity index (χ0n) is 17.3.